The molecule has 3 aromatic carbocycles. The Hall–Kier alpha value is -3.32. The third-order valence-corrected chi connectivity index (χ3v) is 6.23. The zero-order valence-corrected chi connectivity index (χ0v) is 18.5. The zero-order valence-electron chi connectivity index (χ0n) is 18.5. The number of alkyl halides is 3. The van der Waals surface area contributed by atoms with Crippen LogP contribution < -0.4 is 4.74 Å². The number of carbonyl (C=O) groups is 1. The van der Waals surface area contributed by atoms with Gasteiger partial charge in [-0.05, 0) is 60.8 Å². The highest BCUT2D eigenvalue weighted by Crippen LogP contribution is 2.41. The first-order chi connectivity index (χ1) is 16.3. The first-order valence-electron chi connectivity index (χ1n) is 11.2. The van der Waals surface area contributed by atoms with Crippen LogP contribution in [0.1, 0.15) is 41.1 Å². The van der Waals surface area contributed by atoms with Crippen LogP contribution in [-0.2, 0) is 17.6 Å². The number of nitrogens with zero attached hydrogens (tertiary/aromatic N) is 1. The fourth-order valence-electron chi connectivity index (χ4n) is 4.50. The molecule has 1 heterocycles. The molecule has 1 atom stereocenters. The van der Waals surface area contributed by atoms with Crippen LogP contribution >= 0.6 is 0 Å². The van der Waals surface area contributed by atoms with Gasteiger partial charge in [-0.3, -0.25) is 9.69 Å². The molecule has 7 heteroatoms. The van der Waals surface area contributed by atoms with Gasteiger partial charge in [0.25, 0.3) is 0 Å². The molecule has 0 aromatic heterocycles. The number of ether oxygens (including phenoxy) is 1. The lowest BCUT2D eigenvalue weighted by Crippen LogP contribution is -2.39. The van der Waals surface area contributed by atoms with Crippen LogP contribution in [0, 0.1) is 5.92 Å². The lowest BCUT2D eigenvalue weighted by atomic mass is 9.89. The molecule has 0 spiro atoms. The molecule has 0 bridgehead atoms. The van der Waals surface area contributed by atoms with E-state index in [2.05, 4.69) is 0 Å². The molecule has 0 aliphatic carbocycles. The summed E-state index contributed by atoms with van der Waals surface area (Å²) in [7, 11) is 0. The fourth-order valence-corrected chi connectivity index (χ4v) is 4.50. The molecular weight excluding hydrogens is 443 g/mol. The van der Waals surface area contributed by atoms with Crippen LogP contribution in [0.4, 0.5) is 13.2 Å². The first kappa shape index (κ1) is 23.8. The minimum Gasteiger partial charge on any atom is -0.489 e. The normalized spacial score (nSPS) is 16.2. The van der Waals surface area contributed by atoms with Crippen LogP contribution in [0.25, 0.3) is 0 Å². The van der Waals surface area contributed by atoms with Gasteiger partial charge in [-0.1, -0.05) is 60.7 Å². The van der Waals surface area contributed by atoms with Crippen molar-refractivity contribution in [1.82, 2.24) is 4.90 Å². The molecule has 0 saturated carbocycles. The molecule has 178 valence electrons. The van der Waals surface area contributed by atoms with Crippen molar-refractivity contribution < 1.29 is 27.8 Å². The third kappa shape index (κ3) is 5.59. The van der Waals surface area contributed by atoms with E-state index in [1.807, 2.05) is 35.2 Å². The Labute approximate surface area is 196 Å². The van der Waals surface area contributed by atoms with Crippen molar-refractivity contribution >= 4 is 5.97 Å². The third-order valence-electron chi connectivity index (χ3n) is 6.23. The molecule has 4 rings (SSSR count). The minimum atomic E-state index is -4.50. The van der Waals surface area contributed by atoms with Gasteiger partial charge in [0.1, 0.15) is 12.4 Å². The second-order valence-electron chi connectivity index (χ2n) is 8.48. The molecule has 0 radical (unpaired) electrons. The van der Waals surface area contributed by atoms with E-state index in [1.165, 1.54) is 12.1 Å². The van der Waals surface area contributed by atoms with E-state index in [0.717, 1.165) is 11.6 Å². The molecule has 4 nitrogen and oxygen atoms in total. The maximum atomic E-state index is 13.9. The van der Waals surface area contributed by atoms with Gasteiger partial charge >= 0.3 is 12.1 Å². The van der Waals surface area contributed by atoms with Gasteiger partial charge in [-0.2, -0.15) is 13.2 Å². The predicted molar refractivity (Wildman–Crippen MR) is 122 cm³/mol. The van der Waals surface area contributed by atoms with Crippen LogP contribution in [0.3, 0.4) is 0 Å². The molecule has 1 N–H and O–H groups in total. The van der Waals surface area contributed by atoms with Crippen molar-refractivity contribution in [2.24, 2.45) is 5.92 Å². The zero-order chi connectivity index (χ0) is 24.1. The summed E-state index contributed by atoms with van der Waals surface area (Å²) in [5, 5.41) is 9.35. The molecule has 1 aliphatic heterocycles. The standard InChI is InChI=1S/C27H26F3NO3/c28-27(29,30)24-12-5-4-11-23(24)25(31-15-13-20(14-16-31)26(32)33)21-9-6-10-22(17-21)34-18-19-7-2-1-3-8-19/h1-12,17,20,25H,13-16,18H2,(H,32,33). The maximum absolute atomic E-state index is 13.9. The second kappa shape index (κ2) is 10.3. The fraction of sp³-hybridized carbons (Fsp3) is 0.296. The Kier molecular flexibility index (Phi) is 7.22. The van der Waals surface area contributed by atoms with E-state index in [1.54, 1.807) is 30.3 Å². The Morgan fingerprint density at radius 3 is 2.32 bits per heavy atom. The van der Waals surface area contributed by atoms with Crippen LogP contribution in [0.5, 0.6) is 5.75 Å². The molecule has 1 aliphatic rings. The summed E-state index contributed by atoms with van der Waals surface area (Å²) in [4.78, 5) is 13.4. The summed E-state index contributed by atoms with van der Waals surface area (Å²) < 4.78 is 47.7. The smallest absolute Gasteiger partial charge is 0.416 e. The van der Waals surface area contributed by atoms with E-state index in [9.17, 15) is 23.1 Å². The highest BCUT2D eigenvalue weighted by Gasteiger charge is 2.38. The number of aliphatic carboxylic acids is 1. The number of carboxylic acids is 1. The topological polar surface area (TPSA) is 49.8 Å². The van der Waals surface area contributed by atoms with Crippen molar-refractivity contribution in [2.75, 3.05) is 13.1 Å². The van der Waals surface area contributed by atoms with Gasteiger partial charge in [0, 0.05) is 0 Å². The lowest BCUT2D eigenvalue weighted by Gasteiger charge is -2.38. The number of rotatable bonds is 7. The van der Waals surface area contributed by atoms with Gasteiger partial charge in [0.15, 0.2) is 0 Å². The maximum Gasteiger partial charge on any atom is 0.416 e. The number of likely N-dealkylation sites (tertiary alicyclic amines) is 1. The van der Waals surface area contributed by atoms with Crippen molar-refractivity contribution in [3.63, 3.8) is 0 Å². The van der Waals surface area contributed by atoms with Gasteiger partial charge in [0.05, 0.1) is 17.5 Å². The van der Waals surface area contributed by atoms with E-state index in [-0.39, 0.29) is 5.56 Å². The Bertz CT molecular complexity index is 1110. The monoisotopic (exact) mass is 469 g/mol. The summed E-state index contributed by atoms with van der Waals surface area (Å²) in [5.41, 5.74) is 1.14. The number of benzene rings is 3. The lowest BCUT2D eigenvalue weighted by molar-refractivity contribution is -0.143. The largest absolute Gasteiger partial charge is 0.489 e. The molecule has 1 unspecified atom stereocenters. The molecule has 34 heavy (non-hydrogen) atoms. The van der Waals surface area contributed by atoms with Crippen molar-refractivity contribution in [3.05, 3.63) is 101 Å². The molecule has 0 amide bonds. The average Bonchev–Trinajstić information content (AvgIpc) is 2.84. The average molecular weight is 470 g/mol. The first-order valence-corrected chi connectivity index (χ1v) is 11.2. The molecule has 1 fully saturated rings. The Balaban J connectivity index is 1.67. The van der Waals surface area contributed by atoms with Gasteiger partial charge in [-0.25, -0.2) is 0 Å². The molecular formula is C27H26F3NO3. The number of hydrogen-bond acceptors (Lipinski definition) is 3. The Morgan fingerprint density at radius 2 is 1.65 bits per heavy atom. The molecule has 1 saturated heterocycles. The number of carboxylic acid groups (broad SMARTS) is 1. The van der Waals surface area contributed by atoms with Gasteiger partial charge in [-0.15, -0.1) is 0 Å². The quantitative estimate of drug-likeness (QED) is 0.450. The van der Waals surface area contributed by atoms with E-state index in [0.29, 0.717) is 43.9 Å². The SMILES string of the molecule is O=C(O)C1CCN(C(c2cccc(OCc3ccccc3)c2)c2ccccc2C(F)(F)F)CC1. The summed E-state index contributed by atoms with van der Waals surface area (Å²) in [6.07, 6.45) is -3.72. The highest BCUT2D eigenvalue weighted by molar-refractivity contribution is 5.70. The van der Waals surface area contributed by atoms with Crippen LogP contribution in [-0.4, -0.2) is 29.1 Å². The van der Waals surface area contributed by atoms with Crippen molar-refractivity contribution in [1.29, 1.82) is 0 Å². The summed E-state index contributed by atoms with van der Waals surface area (Å²) in [5.74, 6) is -0.769. The van der Waals surface area contributed by atoms with Crippen molar-refractivity contribution in [3.8, 4) is 5.75 Å². The number of piperidine rings is 1. The summed E-state index contributed by atoms with van der Waals surface area (Å²) in [6.45, 7) is 1.13. The van der Waals surface area contributed by atoms with E-state index >= 15 is 0 Å². The predicted octanol–water partition coefficient (Wildman–Crippen LogP) is 6.17. The minimum absolute atomic E-state index is 0.156. The van der Waals surface area contributed by atoms with Crippen molar-refractivity contribution in [2.45, 2.75) is 31.7 Å². The number of halogens is 3. The Morgan fingerprint density at radius 1 is 0.971 bits per heavy atom. The van der Waals surface area contributed by atoms with Crippen LogP contribution in [0.15, 0.2) is 78.9 Å². The van der Waals surface area contributed by atoms with Gasteiger partial charge in [0.2, 0.25) is 0 Å². The van der Waals surface area contributed by atoms with Gasteiger partial charge < -0.3 is 9.84 Å². The molecule has 3 aromatic rings. The van der Waals surface area contributed by atoms with E-state index < -0.39 is 29.7 Å². The second-order valence-corrected chi connectivity index (χ2v) is 8.48. The summed E-state index contributed by atoms with van der Waals surface area (Å²) >= 11 is 0. The number of hydrogen-bond donors (Lipinski definition) is 1. The summed E-state index contributed by atoms with van der Waals surface area (Å²) in [6, 6.07) is 21.7. The van der Waals surface area contributed by atoms with Crippen LogP contribution in [0.2, 0.25) is 0 Å². The van der Waals surface area contributed by atoms with E-state index in [4.69, 9.17) is 4.74 Å². The highest BCUT2D eigenvalue weighted by atomic mass is 19.4.